The summed E-state index contributed by atoms with van der Waals surface area (Å²) in [7, 11) is 0. The third-order valence-electron chi connectivity index (χ3n) is 10.6. The highest BCUT2D eigenvalue weighted by atomic mass is 16.5. The van der Waals surface area contributed by atoms with Crippen LogP contribution >= 0.6 is 0 Å². The van der Waals surface area contributed by atoms with Gasteiger partial charge >= 0.3 is 6.03 Å². The predicted octanol–water partition coefficient (Wildman–Crippen LogP) is 5.97. The summed E-state index contributed by atoms with van der Waals surface area (Å²) in [5.74, 6) is 2.24. The van der Waals surface area contributed by atoms with Crippen LogP contribution in [0.25, 0.3) is 11.3 Å². The highest BCUT2D eigenvalue weighted by molar-refractivity contribution is 5.89. The highest BCUT2D eigenvalue weighted by Crippen LogP contribution is 2.39. The minimum Gasteiger partial charge on any atom is -0.484 e. The lowest BCUT2D eigenvalue weighted by atomic mass is 9.85. The van der Waals surface area contributed by atoms with E-state index in [2.05, 4.69) is 80.0 Å². The maximum absolute atomic E-state index is 13.7. The van der Waals surface area contributed by atoms with Gasteiger partial charge in [0.05, 0.1) is 36.9 Å². The number of piperidine rings is 1. The van der Waals surface area contributed by atoms with Crippen LogP contribution in [0, 0.1) is 0 Å². The molecule has 0 radical (unpaired) electrons. The number of ether oxygens (including phenoxy) is 1. The van der Waals surface area contributed by atoms with Gasteiger partial charge in [0.25, 0.3) is 6.47 Å². The van der Waals surface area contributed by atoms with Crippen LogP contribution in [-0.2, 0) is 16.8 Å². The Morgan fingerprint density at radius 1 is 0.981 bits per heavy atom. The van der Waals surface area contributed by atoms with E-state index in [-0.39, 0.29) is 30.1 Å². The molecule has 6 heterocycles. The van der Waals surface area contributed by atoms with Crippen LogP contribution in [0.2, 0.25) is 0 Å². The Bertz CT molecular complexity index is 2060. The Labute approximate surface area is 315 Å². The molecular weight excluding hydrogens is 687 g/mol. The molecule has 54 heavy (non-hydrogen) atoms. The first-order valence-corrected chi connectivity index (χ1v) is 19.0. The molecule has 1 aliphatic carbocycles. The van der Waals surface area contributed by atoms with Crippen molar-refractivity contribution in [2.75, 3.05) is 36.4 Å². The zero-order chi connectivity index (χ0) is 37.8. The first-order chi connectivity index (χ1) is 26.1. The lowest BCUT2D eigenvalue weighted by Gasteiger charge is -2.33. The third-order valence-corrected chi connectivity index (χ3v) is 10.6. The maximum Gasteiger partial charge on any atom is 0.320 e. The van der Waals surface area contributed by atoms with Gasteiger partial charge in [0.1, 0.15) is 23.4 Å². The van der Waals surface area contributed by atoms with Crippen molar-refractivity contribution in [3.63, 3.8) is 0 Å². The monoisotopic (exact) mass is 737 g/mol. The molecule has 0 spiro atoms. The summed E-state index contributed by atoms with van der Waals surface area (Å²) < 4.78 is 12.5. The smallest absolute Gasteiger partial charge is 0.320 e. The van der Waals surface area contributed by atoms with E-state index >= 15 is 0 Å². The topological polar surface area (TPSA) is 160 Å². The van der Waals surface area contributed by atoms with Crippen molar-refractivity contribution >= 4 is 29.9 Å². The number of hydrogen-bond acceptors (Lipinski definition) is 9. The van der Waals surface area contributed by atoms with Gasteiger partial charge in [-0.3, -0.25) is 19.2 Å². The summed E-state index contributed by atoms with van der Waals surface area (Å²) in [6.45, 7) is 13.5. The number of urea groups is 1. The summed E-state index contributed by atoms with van der Waals surface area (Å²) in [6, 6.07) is 14.1. The normalized spacial score (nSPS) is 20.0. The third kappa shape index (κ3) is 8.05. The Balaban J connectivity index is 0.00000145. The van der Waals surface area contributed by atoms with Gasteiger partial charge in [-0.05, 0) is 81.8 Å². The van der Waals surface area contributed by atoms with Crippen molar-refractivity contribution < 1.29 is 19.4 Å². The lowest BCUT2D eigenvalue weighted by Crippen LogP contribution is -2.39. The molecule has 0 saturated carbocycles. The van der Waals surface area contributed by atoms with Crippen molar-refractivity contribution in [1.29, 1.82) is 0 Å². The Hall–Kier alpha value is -5.44. The fraction of sp³-hybridized carbons (Fsp3) is 0.487. The van der Waals surface area contributed by atoms with Gasteiger partial charge < -0.3 is 25.0 Å². The second-order valence-corrected chi connectivity index (χ2v) is 15.4. The van der Waals surface area contributed by atoms with Crippen LogP contribution in [0.4, 0.5) is 16.6 Å². The SMILES string of the molecule is C[C@H]1CCCCN1c1nnc2ccc(O[C@@H]3CC[C@H](NC(=O)Nc4cc(C(C)(C)C)nn4-c4cnn(CCN5CCC5)c4)c4ccccc43)cn12.O=CO. The molecule has 4 aromatic heterocycles. The fourth-order valence-electron chi connectivity index (χ4n) is 7.48. The number of rotatable bonds is 9. The predicted molar refractivity (Wildman–Crippen MR) is 205 cm³/mol. The number of nitrogens with one attached hydrogen (secondary N) is 2. The Morgan fingerprint density at radius 3 is 2.52 bits per heavy atom. The van der Waals surface area contributed by atoms with Crippen molar-refractivity contribution in [3.8, 4) is 11.4 Å². The molecule has 3 aliphatic rings. The summed E-state index contributed by atoms with van der Waals surface area (Å²) in [5.41, 5.74) is 4.44. The number of carbonyl (C=O) groups is 2. The average Bonchev–Trinajstić information content (AvgIpc) is 3.88. The number of benzene rings is 1. The number of hydrogen-bond donors (Lipinski definition) is 3. The highest BCUT2D eigenvalue weighted by Gasteiger charge is 2.31. The maximum atomic E-state index is 13.7. The molecular formula is C39H51N11O4. The van der Waals surface area contributed by atoms with Crippen molar-refractivity contribution in [1.82, 2.24) is 44.4 Å². The molecule has 3 atom stereocenters. The minimum absolute atomic E-state index is 0.151. The van der Waals surface area contributed by atoms with Gasteiger partial charge in [-0.25, -0.2) is 9.48 Å². The molecule has 0 unspecified atom stereocenters. The van der Waals surface area contributed by atoms with Crippen molar-refractivity contribution in [3.05, 3.63) is 77.9 Å². The number of anilines is 2. The van der Waals surface area contributed by atoms with Crippen molar-refractivity contribution in [2.45, 2.75) is 96.4 Å². The molecule has 2 fully saturated rings. The lowest BCUT2D eigenvalue weighted by molar-refractivity contribution is -0.122. The van der Waals surface area contributed by atoms with Gasteiger partial charge in [-0.2, -0.15) is 10.2 Å². The molecule has 2 amide bonds. The molecule has 8 rings (SSSR count). The van der Waals surface area contributed by atoms with Gasteiger partial charge in [-0.15, -0.1) is 10.2 Å². The van der Waals surface area contributed by atoms with Gasteiger partial charge in [0.15, 0.2) is 5.65 Å². The van der Waals surface area contributed by atoms with E-state index in [0.29, 0.717) is 11.9 Å². The quantitative estimate of drug-likeness (QED) is 0.154. The average molecular weight is 738 g/mol. The largest absolute Gasteiger partial charge is 0.484 e. The molecule has 3 N–H and O–H groups in total. The number of amides is 2. The van der Waals surface area contributed by atoms with Crippen LogP contribution in [0.1, 0.15) is 95.2 Å². The van der Waals surface area contributed by atoms with E-state index in [9.17, 15) is 4.79 Å². The van der Waals surface area contributed by atoms with E-state index in [1.807, 2.05) is 53.6 Å². The zero-order valence-corrected chi connectivity index (χ0v) is 31.6. The first kappa shape index (κ1) is 36.9. The number of fused-ring (bicyclic) bond motifs is 2. The second kappa shape index (κ2) is 15.9. The van der Waals surface area contributed by atoms with E-state index < -0.39 is 0 Å². The van der Waals surface area contributed by atoms with E-state index in [1.54, 1.807) is 4.68 Å². The number of nitrogens with zero attached hydrogens (tertiary/aromatic N) is 9. The molecule has 5 aromatic rings. The number of carboxylic acid groups (broad SMARTS) is 1. The van der Waals surface area contributed by atoms with Crippen LogP contribution < -0.4 is 20.3 Å². The van der Waals surface area contributed by atoms with E-state index in [1.165, 1.54) is 12.8 Å². The van der Waals surface area contributed by atoms with Crippen LogP contribution in [0.5, 0.6) is 5.75 Å². The van der Waals surface area contributed by atoms with Gasteiger partial charge in [0, 0.05) is 30.6 Å². The number of carbonyl (C=O) groups excluding carboxylic acids is 1. The Kier molecular flexibility index (Phi) is 10.9. The molecule has 2 saturated heterocycles. The molecule has 286 valence electrons. The van der Waals surface area contributed by atoms with Crippen molar-refractivity contribution in [2.24, 2.45) is 0 Å². The molecule has 1 aromatic carbocycles. The molecule has 2 aliphatic heterocycles. The summed E-state index contributed by atoms with van der Waals surface area (Å²) in [6.07, 6.45) is 12.0. The van der Waals surface area contributed by atoms with Crippen LogP contribution in [0.15, 0.2) is 61.1 Å². The van der Waals surface area contributed by atoms with E-state index in [4.69, 9.17) is 19.7 Å². The molecule has 0 bridgehead atoms. The van der Waals surface area contributed by atoms with Gasteiger partial charge in [0.2, 0.25) is 5.95 Å². The Morgan fingerprint density at radius 2 is 1.78 bits per heavy atom. The number of pyridine rings is 1. The number of aromatic nitrogens is 7. The molecule has 15 nitrogen and oxygen atoms in total. The second-order valence-electron chi connectivity index (χ2n) is 15.4. The summed E-state index contributed by atoms with van der Waals surface area (Å²) in [4.78, 5) is 26.8. The van der Waals surface area contributed by atoms with Gasteiger partial charge in [-0.1, -0.05) is 45.0 Å². The molecule has 15 heteroatoms. The van der Waals surface area contributed by atoms with Crippen LogP contribution in [-0.4, -0.2) is 88.9 Å². The standard InChI is InChI=1S/C38H49N11O2.CH2O2/c1-26-10-7-8-19-47(26)37-43-42-34-16-13-28(25-48(34)37)51-32-15-14-31(29-11-5-6-12-30(29)32)40-36(50)41-35-22-33(38(2,3)4)44-49(35)27-23-39-46(24-27)21-20-45-17-9-18-45;2-1-3/h5-6,11-13,16,22-26,31-32H,7-10,14-15,17-21H2,1-4H3,(H2,40,41,50);1H,(H,2,3)/t26-,31-,32+;/m0./s1. The minimum atomic E-state index is -0.279. The fourth-order valence-corrected chi connectivity index (χ4v) is 7.48. The van der Waals surface area contributed by atoms with Crippen LogP contribution in [0.3, 0.4) is 0 Å². The summed E-state index contributed by atoms with van der Waals surface area (Å²) in [5, 5.41) is 31.7. The first-order valence-electron chi connectivity index (χ1n) is 19.0. The zero-order valence-electron chi connectivity index (χ0n) is 31.6. The van der Waals surface area contributed by atoms with E-state index in [0.717, 1.165) is 98.3 Å². The number of likely N-dealkylation sites (tertiary alicyclic amines) is 1. The summed E-state index contributed by atoms with van der Waals surface area (Å²) >= 11 is 0.